The van der Waals surface area contributed by atoms with Crippen LogP contribution in [0.4, 0.5) is 5.82 Å². The van der Waals surface area contributed by atoms with E-state index < -0.39 is 0 Å². The predicted molar refractivity (Wildman–Crippen MR) is 119 cm³/mol. The molecule has 29 heavy (non-hydrogen) atoms. The normalized spacial score (nSPS) is 13.0. The molecule has 3 heterocycles. The van der Waals surface area contributed by atoms with E-state index in [4.69, 9.17) is 20.2 Å². The minimum absolute atomic E-state index is 0.248. The molecular formula is C20H24BrN5O2S. The first-order valence-corrected chi connectivity index (χ1v) is 11.3. The average molecular weight is 478 g/mol. The van der Waals surface area contributed by atoms with E-state index in [0.29, 0.717) is 11.9 Å². The summed E-state index contributed by atoms with van der Waals surface area (Å²) in [6.07, 6.45) is 3.96. The van der Waals surface area contributed by atoms with Crippen LogP contribution < -0.4 is 20.5 Å². The van der Waals surface area contributed by atoms with Crippen molar-refractivity contribution in [3.05, 3.63) is 28.9 Å². The molecule has 0 fully saturated rings. The summed E-state index contributed by atoms with van der Waals surface area (Å²) in [5.41, 5.74) is 7.82. The van der Waals surface area contributed by atoms with Gasteiger partial charge in [-0.15, -0.1) is 0 Å². The fourth-order valence-electron chi connectivity index (χ4n) is 3.38. The zero-order chi connectivity index (χ0) is 20.4. The molecule has 0 spiro atoms. The Balaban J connectivity index is 1.65. The number of hydrogen-bond donors (Lipinski definition) is 2. The van der Waals surface area contributed by atoms with Crippen LogP contribution in [0.1, 0.15) is 26.7 Å². The lowest BCUT2D eigenvalue weighted by Gasteiger charge is -2.16. The molecule has 154 valence electrons. The Morgan fingerprint density at radius 1 is 1.28 bits per heavy atom. The number of nitrogen functional groups attached to an aromatic ring is 1. The molecule has 0 bridgehead atoms. The molecular weight excluding hydrogens is 454 g/mol. The van der Waals surface area contributed by atoms with E-state index in [9.17, 15) is 0 Å². The number of hydrogen-bond acceptors (Lipinski definition) is 7. The van der Waals surface area contributed by atoms with E-state index >= 15 is 0 Å². The third-order valence-corrected chi connectivity index (χ3v) is 7.01. The molecule has 0 radical (unpaired) electrons. The number of halogens is 1. The lowest BCUT2D eigenvalue weighted by atomic mass is 10.2. The second kappa shape index (κ2) is 8.81. The van der Waals surface area contributed by atoms with E-state index in [1.165, 1.54) is 0 Å². The number of anilines is 1. The second-order valence-electron chi connectivity index (χ2n) is 6.82. The van der Waals surface area contributed by atoms with Crippen molar-refractivity contribution in [1.29, 1.82) is 0 Å². The van der Waals surface area contributed by atoms with Crippen LogP contribution in [0.5, 0.6) is 11.5 Å². The van der Waals surface area contributed by atoms with Gasteiger partial charge in [-0.25, -0.2) is 9.97 Å². The van der Waals surface area contributed by atoms with Gasteiger partial charge < -0.3 is 25.1 Å². The van der Waals surface area contributed by atoms with Gasteiger partial charge in [-0.3, -0.25) is 0 Å². The van der Waals surface area contributed by atoms with Crippen molar-refractivity contribution in [3.63, 3.8) is 0 Å². The summed E-state index contributed by atoms with van der Waals surface area (Å²) < 4.78 is 14.1. The fraction of sp³-hybridized carbons (Fsp3) is 0.400. The van der Waals surface area contributed by atoms with Gasteiger partial charge in [0.1, 0.15) is 5.52 Å². The molecule has 9 heteroatoms. The summed E-state index contributed by atoms with van der Waals surface area (Å²) in [5, 5.41) is 4.49. The topological polar surface area (TPSA) is 87.2 Å². The lowest BCUT2D eigenvalue weighted by Crippen LogP contribution is -2.30. The molecule has 3 N–H and O–H groups in total. The lowest BCUT2D eigenvalue weighted by molar-refractivity contribution is 0.174. The Labute approximate surface area is 182 Å². The monoisotopic (exact) mass is 477 g/mol. The fourth-order valence-corrected chi connectivity index (χ4v) is 4.90. The summed E-state index contributed by atoms with van der Waals surface area (Å²) in [5.74, 6) is 1.94. The molecule has 1 aromatic carbocycles. The van der Waals surface area contributed by atoms with Gasteiger partial charge in [0.25, 0.3) is 0 Å². The van der Waals surface area contributed by atoms with E-state index in [1.54, 1.807) is 18.0 Å². The summed E-state index contributed by atoms with van der Waals surface area (Å²) in [7, 11) is 0. The van der Waals surface area contributed by atoms with Gasteiger partial charge in [0.05, 0.1) is 5.52 Å². The summed E-state index contributed by atoms with van der Waals surface area (Å²) in [6.45, 7) is 6.31. The third kappa shape index (κ3) is 4.17. The highest BCUT2D eigenvalue weighted by molar-refractivity contribution is 9.10. The molecule has 1 aliphatic heterocycles. The van der Waals surface area contributed by atoms with E-state index in [2.05, 4.69) is 44.6 Å². The summed E-state index contributed by atoms with van der Waals surface area (Å²) in [6, 6.07) is 6.40. The Kier molecular flexibility index (Phi) is 6.17. The van der Waals surface area contributed by atoms with Gasteiger partial charge in [-0.1, -0.05) is 25.6 Å². The number of imidazole rings is 1. The zero-order valence-corrected chi connectivity index (χ0v) is 18.8. The van der Waals surface area contributed by atoms with Crippen LogP contribution in [-0.4, -0.2) is 33.9 Å². The Hall–Kier alpha value is -1.97. The van der Waals surface area contributed by atoms with Gasteiger partial charge >= 0.3 is 0 Å². The maximum atomic E-state index is 6.10. The predicted octanol–water partition coefficient (Wildman–Crippen LogP) is 4.43. The van der Waals surface area contributed by atoms with Crippen LogP contribution in [0.25, 0.3) is 11.0 Å². The number of nitrogens with two attached hydrogens (primary N) is 1. The SMILES string of the molecule is CCC(CC)NCCn1c(Sc2cc3c(cc2Br)OCO3)nc2c(N)nccc21. The van der Waals surface area contributed by atoms with Gasteiger partial charge in [-0.05, 0) is 47.0 Å². The standard InChI is InChI=1S/C20H24BrN5O2S/c1-3-12(4-2)23-7-8-26-14-5-6-24-19(22)18(14)25-20(26)29-17-10-16-15(9-13(17)21)27-11-28-16/h5-6,9-10,12,23H,3-4,7-8,11H2,1-2H3,(H2,22,24). The van der Waals surface area contributed by atoms with Crippen molar-refractivity contribution in [3.8, 4) is 11.5 Å². The van der Waals surface area contributed by atoms with Crippen LogP contribution in [-0.2, 0) is 6.54 Å². The van der Waals surface area contributed by atoms with Gasteiger partial charge in [-0.2, -0.15) is 0 Å². The van der Waals surface area contributed by atoms with Crippen molar-refractivity contribution in [1.82, 2.24) is 19.9 Å². The zero-order valence-electron chi connectivity index (χ0n) is 16.4. The van der Waals surface area contributed by atoms with Crippen molar-refractivity contribution in [2.75, 3.05) is 19.1 Å². The molecule has 1 aliphatic rings. The number of pyridine rings is 1. The highest BCUT2D eigenvalue weighted by Gasteiger charge is 2.20. The van der Waals surface area contributed by atoms with Crippen molar-refractivity contribution >= 4 is 44.5 Å². The number of nitrogens with one attached hydrogen (secondary N) is 1. The third-order valence-electron chi connectivity index (χ3n) is 5.04. The highest BCUT2D eigenvalue weighted by Crippen LogP contribution is 2.43. The average Bonchev–Trinajstić information content (AvgIpc) is 3.31. The molecule has 0 saturated carbocycles. The number of ether oxygens (including phenoxy) is 2. The minimum Gasteiger partial charge on any atom is -0.454 e. The Morgan fingerprint density at radius 2 is 2.03 bits per heavy atom. The first-order valence-electron chi connectivity index (χ1n) is 9.71. The second-order valence-corrected chi connectivity index (χ2v) is 8.68. The van der Waals surface area contributed by atoms with Crippen molar-refractivity contribution in [2.45, 2.75) is 49.3 Å². The number of benzene rings is 1. The molecule has 0 aliphatic carbocycles. The number of nitrogens with zero attached hydrogens (tertiary/aromatic N) is 3. The number of fused-ring (bicyclic) bond motifs is 2. The summed E-state index contributed by atoms with van der Waals surface area (Å²) in [4.78, 5) is 10.0. The summed E-state index contributed by atoms with van der Waals surface area (Å²) >= 11 is 5.21. The maximum Gasteiger partial charge on any atom is 0.231 e. The molecule has 2 aromatic heterocycles. The quantitative estimate of drug-likeness (QED) is 0.495. The van der Waals surface area contributed by atoms with Gasteiger partial charge in [0.15, 0.2) is 22.5 Å². The molecule has 0 amide bonds. The van der Waals surface area contributed by atoms with Crippen LogP contribution in [0.15, 0.2) is 38.9 Å². The molecule has 0 atom stereocenters. The van der Waals surface area contributed by atoms with Crippen LogP contribution in [0, 0.1) is 0 Å². The number of rotatable bonds is 8. The Bertz CT molecular complexity index is 1020. The first-order chi connectivity index (χ1) is 14.1. The van der Waals surface area contributed by atoms with E-state index in [0.717, 1.165) is 63.0 Å². The van der Waals surface area contributed by atoms with Gasteiger partial charge in [0, 0.05) is 34.7 Å². The van der Waals surface area contributed by atoms with Crippen molar-refractivity contribution < 1.29 is 9.47 Å². The van der Waals surface area contributed by atoms with Gasteiger partial charge in [0.2, 0.25) is 6.79 Å². The van der Waals surface area contributed by atoms with Crippen molar-refractivity contribution in [2.24, 2.45) is 0 Å². The highest BCUT2D eigenvalue weighted by atomic mass is 79.9. The Morgan fingerprint density at radius 3 is 2.79 bits per heavy atom. The minimum atomic E-state index is 0.248. The van der Waals surface area contributed by atoms with Crippen LogP contribution in [0.2, 0.25) is 0 Å². The number of aromatic nitrogens is 3. The molecule has 3 aromatic rings. The van der Waals surface area contributed by atoms with Crippen LogP contribution in [0.3, 0.4) is 0 Å². The molecule has 4 rings (SSSR count). The smallest absolute Gasteiger partial charge is 0.231 e. The maximum absolute atomic E-state index is 6.10. The first kappa shape index (κ1) is 20.3. The van der Waals surface area contributed by atoms with Crippen LogP contribution >= 0.6 is 27.7 Å². The molecule has 7 nitrogen and oxygen atoms in total. The van der Waals surface area contributed by atoms with E-state index in [1.807, 2.05) is 18.2 Å². The van der Waals surface area contributed by atoms with E-state index in [-0.39, 0.29) is 6.79 Å². The largest absolute Gasteiger partial charge is 0.454 e. The molecule has 0 saturated heterocycles. The molecule has 0 unspecified atom stereocenters.